The minimum Gasteiger partial charge on any atom is -0.508 e. The maximum absolute atomic E-state index is 10.0. The summed E-state index contributed by atoms with van der Waals surface area (Å²) in [4.78, 5) is 0. The molecule has 2 N–H and O–H groups in total. The first-order chi connectivity index (χ1) is 9.99. The molecular formula is C15H20BrN3OS. The molecule has 1 heterocycles. The molecule has 114 valence electrons. The Morgan fingerprint density at radius 1 is 1.33 bits per heavy atom. The van der Waals surface area contributed by atoms with Crippen LogP contribution in [-0.4, -0.2) is 15.3 Å². The maximum atomic E-state index is 10.0. The van der Waals surface area contributed by atoms with Crippen LogP contribution in [0, 0.1) is 5.92 Å². The Hall–Kier alpha value is -1.14. The highest BCUT2D eigenvalue weighted by Crippen LogP contribution is 2.32. The highest BCUT2D eigenvalue weighted by molar-refractivity contribution is 9.10. The molecule has 0 aliphatic rings. The average molecular weight is 370 g/mol. The van der Waals surface area contributed by atoms with Crippen LogP contribution in [0.15, 0.2) is 22.7 Å². The van der Waals surface area contributed by atoms with Crippen LogP contribution in [-0.2, 0) is 6.42 Å². The summed E-state index contributed by atoms with van der Waals surface area (Å²) < 4.78 is 0.952. The van der Waals surface area contributed by atoms with Crippen LogP contribution >= 0.6 is 27.3 Å². The quantitative estimate of drug-likeness (QED) is 0.769. The molecule has 0 fully saturated rings. The van der Waals surface area contributed by atoms with Gasteiger partial charge in [-0.05, 0) is 30.5 Å². The Balaban J connectivity index is 2.15. The second-order valence-corrected chi connectivity index (χ2v) is 7.38. The number of aromatic hydroxyl groups is 1. The van der Waals surface area contributed by atoms with Gasteiger partial charge >= 0.3 is 0 Å². The monoisotopic (exact) mass is 369 g/mol. The summed E-state index contributed by atoms with van der Waals surface area (Å²) in [6.45, 7) is 6.42. The molecule has 0 radical (unpaired) electrons. The van der Waals surface area contributed by atoms with Crippen molar-refractivity contribution in [2.24, 2.45) is 5.92 Å². The van der Waals surface area contributed by atoms with E-state index in [1.807, 2.05) is 12.1 Å². The Morgan fingerprint density at radius 2 is 2.10 bits per heavy atom. The molecule has 2 rings (SSSR count). The predicted molar refractivity (Wildman–Crippen MR) is 90.9 cm³/mol. The SMILES string of the molecule is CCC(Nc1nnc(CC(C)C)s1)c1cc(Br)ccc1O. The van der Waals surface area contributed by atoms with Crippen molar-refractivity contribution in [3.63, 3.8) is 0 Å². The average Bonchev–Trinajstić information content (AvgIpc) is 2.85. The third-order valence-corrected chi connectivity index (χ3v) is 4.49. The molecule has 6 heteroatoms. The van der Waals surface area contributed by atoms with Crippen molar-refractivity contribution in [3.8, 4) is 5.75 Å². The van der Waals surface area contributed by atoms with Crippen molar-refractivity contribution >= 4 is 32.4 Å². The summed E-state index contributed by atoms with van der Waals surface area (Å²) in [5, 5.41) is 23.7. The minimum atomic E-state index is 0.0161. The van der Waals surface area contributed by atoms with Crippen molar-refractivity contribution in [3.05, 3.63) is 33.2 Å². The number of rotatable bonds is 6. The van der Waals surface area contributed by atoms with Gasteiger partial charge < -0.3 is 10.4 Å². The molecule has 0 saturated carbocycles. The van der Waals surface area contributed by atoms with Gasteiger partial charge in [0.1, 0.15) is 10.8 Å². The largest absolute Gasteiger partial charge is 0.508 e. The van der Waals surface area contributed by atoms with Crippen LogP contribution in [0.3, 0.4) is 0 Å². The fourth-order valence-corrected chi connectivity index (χ4v) is 3.48. The lowest BCUT2D eigenvalue weighted by Crippen LogP contribution is -2.09. The first kappa shape index (κ1) is 16.2. The summed E-state index contributed by atoms with van der Waals surface area (Å²) in [5.74, 6) is 0.867. The van der Waals surface area contributed by atoms with Gasteiger partial charge in [-0.2, -0.15) is 0 Å². The number of phenols is 1. The molecule has 1 aromatic heterocycles. The van der Waals surface area contributed by atoms with E-state index in [1.165, 1.54) is 0 Å². The van der Waals surface area contributed by atoms with Crippen molar-refractivity contribution in [2.75, 3.05) is 5.32 Å². The summed E-state index contributed by atoms with van der Waals surface area (Å²) >= 11 is 5.03. The molecule has 0 aliphatic carbocycles. The number of halogens is 1. The van der Waals surface area contributed by atoms with Crippen molar-refractivity contribution < 1.29 is 5.11 Å². The Bertz CT molecular complexity index is 600. The van der Waals surface area contributed by atoms with E-state index in [0.717, 1.165) is 33.0 Å². The maximum Gasteiger partial charge on any atom is 0.206 e. The number of nitrogens with zero attached hydrogens (tertiary/aromatic N) is 2. The number of anilines is 1. The number of nitrogens with one attached hydrogen (secondary N) is 1. The van der Waals surface area contributed by atoms with Gasteiger partial charge in [0.2, 0.25) is 5.13 Å². The topological polar surface area (TPSA) is 58.0 Å². The molecule has 0 spiro atoms. The lowest BCUT2D eigenvalue weighted by atomic mass is 10.0. The van der Waals surface area contributed by atoms with Crippen LogP contribution in [0.4, 0.5) is 5.13 Å². The van der Waals surface area contributed by atoms with Crippen molar-refractivity contribution in [1.82, 2.24) is 10.2 Å². The summed E-state index contributed by atoms with van der Waals surface area (Å²) in [6.07, 6.45) is 1.79. The van der Waals surface area contributed by atoms with Crippen molar-refractivity contribution in [2.45, 2.75) is 39.7 Å². The normalized spacial score (nSPS) is 12.6. The molecule has 1 unspecified atom stereocenters. The molecule has 1 atom stereocenters. The molecule has 4 nitrogen and oxygen atoms in total. The summed E-state index contributed by atoms with van der Waals surface area (Å²) in [6, 6.07) is 5.49. The molecule has 0 aliphatic heterocycles. The van der Waals surface area contributed by atoms with Crippen LogP contribution in [0.25, 0.3) is 0 Å². The number of phenolic OH excluding ortho intramolecular Hbond substituents is 1. The molecule has 0 saturated heterocycles. The number of hydrogen-bond acceptors (Lipinski definition) is 5. The molecule has 2 aromatic rings. The Morgan fingerprint density at radius 3 is 2.76 bits per heavy atom. The van der Waals surface area contributed by atoms with Crippen molar-refractivity contribution in [1.29, 1.82) is 0 Å². The summed E-state index contributed by atoms with van der Waals surface area (Å²) in [7, 11) is 0. The zero-order valence-electron chi connectivity index (χ0n) is 12.4. The second-order valence-electron chi connectivity index (χ2n) is 5.41. The standard InChI is InChI=1S/C15H20BrN3OS/c1-4-12(11-8-10(16)5-6-13(11)20)17-15-19-18-14(21-15)7-9(2)3/h5-6,8-9,12,20H,4,7H2,1-3H3,(H,17,19). The molecule has 1 aromatic carbocycles. The fraction of sp³-hybridized carbons (Fsp3) is 0.467. The number of hydrogen-bond donors (Lipinski definition) is 2. The van der Waals surface area contributed by atoms with Crippen LogP contribution in [0.1, 0.15) is 43.8 Å². The van der Waals surface area contributed by atoms with Gasteiger partial charge in [-0.1, -0.05) is 48.0 Å². The van der Waals surface area contributed by atoms with Gasteiger partial charge in [-0.15, -0.1) is 10.2 Å². The van der Waals surface area contributed by atoms with Crippen LogP contribution in [0.5, 0.6) is 5.75 Å². The zero-order valence-corrected chi connectivity index (χ0v) is 14.8. The fourth-order valence-electron chi connectivity index (χ4n) is 2.10. The zero-order chi connectivity index (χ0) is 15.4. The molecule has 0 amide bonds. The molecule has 0 bridgehead atoms. The first-order valence-electron chi connectivity index (χ1n) is 7.07. The van der Waals surface area contributed by atoms with E-state index in [0.29, 0.717) is 11.7 Å². The van der Waals surface area contributed by atoms with E-state index in [-0.39, 0.29) is 6.04 Å². The van der Waals surface area contributed by atoms with Gasteiger partial charge in [-0.3, -0.25) is 0 Å². The highest BCUT2D eigenvalue weighted by Gasteiger charge is 2.16. The van der Waals surface area contributed by atoms with Gasteiger partial charge in [0.15, 0.2) is 0 Å². The first-order valence-corrected chi connectivity index (χ1v) is 8.67. The van der Waals surface area contributed by atoms with Gasteiger partial charge in [0, 0.05) is 16.5 Å². The van der Waals surface area contributed by atoms with Crippen LogP contribution < -0.4 is 5.32 Å². The third kappa shape index (κ3) is 4.41. The van der Waals surface area contributed by atoms with E-state index in [1.54, 1.807) is 17.4 Å². The van der Waals surface area contributed by atoms with Gasteiger partial charge in [0.25, 0.3) is 0 Å². The number of benzene rings is 1. The lowest BCUT2D eigenvalue weighted by Gasteiger charge is -2.18. The van der Waals surface area contributed by atoms with Gasteiger partial charge in [0.05, 0.1) is 6.04 Å². The van der Waals surface area contributed by atoms with E-state index >= 15 is 0 Å². The Kier molecular flexibility index (Phi) is 5.58. The predicted octanol–water partition coefficient (Wildman–Crippen LogP) is 4.77. The number of aromatic nitrogens is 2. The van der Waals surface area contributed by atoms with E-state index in [2.05, 4.69) is 52.2 Å². The van der Waals surface area contributed by atoms with Gasteiger partial charge in [-0.25, -0.2) is 0 Å². The lowest BCUT2D eigenvalue weighted by molar-refractivity contribution is 0.462. The Labute approximate surface area is 137 Å². The minimum absolute atomic E-state index is 0.0161. The second kappa shape index (κ2) is 7.22. The van der Waals surface area contributed by atoms with E-state index in [9.17, 15) is 5.11 Å². The molecular weight excluding hydrogens is 350 g/mol. The third-order valence-electron chi connectivity index (χ3n) is 3.12. The molecule has 21 heavy (non-hydrogen) atoms. The summed E-state index contributed by atoms with van der Waals surface area (Å²) in [5.41, 5.74) is 0.868. The smallest absolute Gasteiger partial charge is 0.206 e. The van der Waals surface area contributed by atoms with E-state index in [4.69, 9.17) is 0 Å². The van der Waals surface area contributed by atoms with Crippen LogP contribution in [0.2, 0.25) is 0 Å². The van der Waals surface area contributed by atoms with E-state index < -0.39 is 0 Å². The highest BCUT2D eigenvalue weighted by atomic mass is 79.9.